The number of pyridine rings is 1. The number of rotatable bonds is 9. The molecule has 228 valence electrons. The fraction of sp³-hybridized carbons (Fsp3) is 0.281. The van der Waals surface area contributed by atoms with Crippen LogP contribution in [0.2, 0.25) is 5.02 Å². The normalized spacial score (nSPS) is 16.5. The third-order valence-corrected chi connectivity index (χ3v) is 8.14. The van der Waals surface area contributed by atoms with Gasteiger partial charge in [-0.2, -0.15) is 0 Å². The molecule has 2 aromatic heterocycles. The van der Waals surface area contributed by atoms with Crippen molar-refractivity contribution < 1.29 is 19.2 Å². The third kappa shape index (κ3) is 6.68. The van der Waals surface area contributed by atoms with Crippen LogP contribution in [0.1, 0.15) is 37.1 Å². The smallest absolute Gasteiger partial charge is 0.324 e. The van der Waals surface area contributed by atoms with Crippen LogP contribution in [-0.4, -0.2) is 45.3 Å². The molecule has 5 amide bonds. The van der Waals surface area contributed by atoms with E-state index in [1.54, 1.807) is 56.4 Å². The molecule has 5 rings (SSSR count). The molecule has 4 aromatic rings. The molecule has 1 aliphatic rings. The molecule has 0 unspecified atom stereocenters. The molecular weight excluding hydrogens is 582 g/mol. The molecule has 0 bridgehead atoms. The number of nitrogens with zero attached hydrogens (tertiary/aromatic N) is 1. The summed E-state index contributed by atoms with van der Waals surface area (Å²) < 4.78 is 0. The molecule has 0 spiro atoms. The van der Waals surface area contributed by atoms with E-state index in [0.29, 0.717) is 29.9 Å². The van der Waals surface area contributed by atoms with Crippen LogP contribution in [0.4, 0.5) is 16.3 Å². The number of aromatic nitrogens is 2. The zero-order chi connectivity index (χ0) is 31.4. The van der Waals surface area contributed by atoms with Gasteiger partial charge in [0.1, 0.15) is 17.4 Å². The number of fused-ring (bicyclic) bond motifs is 3. The van der Waals surface area contributed by atoms with E-state index in [0.717, 1.165) is 22.2 Å². The number of amides is 5. The topological polar surface area (TPSA) is 171 Å². The van der Waals surface area contributed by atoms with Gasteiger partial charge >= 0.3 is 6.03 Å². The number of carbonyl (C=O) groups excluding carboxylic acids is 4. The van der Waals surface area contributed by atoms with Gasteiger partial charge in [0.05, 0.1) is 17.1 Å². The number of aromatic amines is 1. The Morgan fingerprint density at radius 1 is 1.05 bits per heavy atom. The Morgan fingerprint density at radius 2 is 1.82 bits per heavy atom. The average Bonchev–Trinajstić information content (AvgIpc) is 3.35. The predicted molar refractivity (Wildman–Crippen MR) is 169 cm³/mol. The maximum absolute atomic E-state index is 13.9. The molecule has 0 fully saturated rings. The Bertz CT molecular complexity index is 1720. The van der Waals surface area contributed by atoms with E-state index < -0.39 is 35.3 Å². The first kappa shape index (κ1) is 30.6. The number of hydrogen-bond acceptors (Lipinski definition) is 5. The van der Waals surface area contributed by atoms with Gasteiger partial charge < -0.3 is 26.7 Å². The highest BCUT2D eigenvalue weighted by molar-refractivity contribution is 6.33. The van der Waals surface area contributed by atoms with Crippen molar-refractivity contribution in [3.8, 4) is 0 Å². The van der Waals surface area contributed by atoms with Crippen molar-refractivity contribution in [3.05, 3.63) is 88.7 Å². The van der Waals surface area contributed by atoms with Crippen molar-refractivity contribution in [3.63, 3.8) is 0 Å². The van der Waals surface area contributed by atoms with Crippen molar-refractivity contribution in [1.29, 1.82) is 0 Å². The Balaban J connectivity index is 1.37. The van der Waals surface area contributed by atoms with E-state index in [1.165, 1.54) is 0 Å². The quantitative estimate of drug-likeness (QED) is 0.166. The number of nitrogens with two attached hydrogens (primary N) is 1. The van der Waals surface area contributed by atoms with Crippen LogP contribution in [-0.2, 0) is 33.6 Å². The van der Waals surface area contributed by atoms with Gasteiger partial charge in [-0.05, 0) is 60.2 Å². The molecule has 0 aliphatic heterocycles. The molecule has 12 heteroatoms. The number of para-hydroxylation sites is 1. The van der Waals surface area contributed by atoms with Crippen molar-refractivity contribution in [1.82, 2.24) is 20.6 Å². The molecule has 2 heterocycles. The van der Waals surface area contributed by atoms with Crippen molar-refractivity contribution in [2.24, 2.45) is 11.7 Å². The van der Waals surface area contributed by atoms with E-state index in [-0.39, 0.29) is 23.8 Å². The predicted octanol–water partition coefficient (Wildman–Crippen LogP) is 4.07. The zero-order valence-corrected chi connectivity index (χ0v) is 25.1. The highest BCUT2D eigenvalue weighted by Gasteiger charge is 2.45. The summed E-state index contributed by atoms with van der Waals surface area (Å²) in [5, 5.41) is 12.4. The standard InChI is InChI=1S/C32H34ClN7O4/c1-18(2)28(29(34)42)39-30(43)32(13-12-24-21(17-32)20-7-3-4-8-23(20)36-24)40-27(41)16-19-10-11-22(33)25(15-19)37-31(44)38-26-9-5-6-14-35-26/h3-11,14-15,18,28,36H,12-13,16-17H2,1-2H3,(H2,34,42)(H,39,43)(H,40,41)(H2,35,37,38,44)/t28-,32-/m0/s1. The maximum atomic E-state index is 13.9. The number of urea groups is 1. The van der Waals surface area contributed by atoms with E-state index in [1.807, 2.05) is 24.3 Å². The van der Waals surface area contributed by atoms with E-state index >= 15 is 0 Å². The first-order valence-corrected chi connectivity index (χ1v) is 14.7. The Morgan fingerprint density at radius 3 is 2.55 bits per heavy atom. The second kappa shape index (κ2) is 12.8. The summed E-state index contributed by atoms with van der Waals surface area (Å²) in [6.45, 7) is 3.59. The molecule has 0 saturated heterocycles. The second-order valence-corrected chi connectivity index (χ2v) is 11.7. The number of hydrogen-bond donors (Lipinski definition) is 6. The minimum Gasteiger partial charge on any atom is -0.368 e. The van der Waals surface area contributed by atoms with Crippen LogP contribution in [0.3, 0.4) is 0 Å². The van der Waals surface area contributed by atoms with Gasteiger partial charge in [0.15, 0.2) is 0 Å². The maximum Gasteiger partial charge on any atom is 0.324 e. The zero-order valence-electron chi connectivity index (χ0n) is 24.4. The van der Waals surface area contributed by atoms with Gasteiger partial charge in [0, 0.05) is 29.2 Å². The second-order valence-electron chi connectivity index (χ2n) is 11.3. The summed E-state index contributed by atoms with van der Waals surface area (Å²) in [6, 6.07) is 16.3. The summed E-state index contributed by atoms with van der Waals surface area (Å²) in [4.78, 5) is 59.7. The first-order valence-electron chi connectivity index (χ1n) is 14.3. The van der Waals surface area contributed by atoms with Crippen LogP contribution >= 0.6 is 11.6 Å². The molecule has 0 saturated carbocycles. The number of anilines is 2. The van der Waals surface area contributed by atoms with Crippen molar-refractivity contribution >= 4 is 57.8 Å². The Kier molecular flexibility index (Phi) is 8.86. The van der Waals surface area contributed by atoms with E-state index in [2.05, 4.69) is 31.2 Å². The largest absolute Gasteiger partial charge is 0.368 e. The molecule has 44 heavy (non-hydrogen) atoms. The lowest BCUT2D eigenvalue weighted by molar-refractivity contribution is -0.136. The number of carbonyl (C=O) groups is 4. The van der Waals surface area contributed by atoms with Gasteiger partial charge in [0.2, 0.25) is 17.7 Å². The molecule has 0 radical (unpaired) electrons. The van der Waals surface area contributed by atoms with Crippen molar-refractivity contribution in [2.75, 3.05) is 10.6 Å². The summed E-state index contributed by atoms with van der Waals surface area (Å²) in [5.41, 5.74) is 8.06. The van der Waals surface area contributed by atoms with Gasteiger partial charge in [-0.3, -0.25) is 19.7 Å². The Hall–Kier alpha value is -4.90. The third-order valence-electron chi connectivity index (χ3n) is 7.81. The summed E-state index contributed by atoms with van der Waals surface area (Å²) >= 11 is 6.33. The number of H-pyrrole nitrogens is 1. The number of halogens is 1. The first-order chi connectivity index (χ1) is 21.0. The van der Waals surface area contributed by atoms with Crippen LogP contribution in [0.5, 0.6) is 0 Å². The number of aryl methyl sites for hydroxylation is 1. The monoisotopic (exact) mass is 615 g/mol. The van der Waals surface area contributed by atoms with Crippen LogP contribution in [0.15, 0.2) is 66.9 Å². The number of nitrogens with one attached hydrogen (secondary N) is 5. The van der Waals surface area contributed by atoms with Gasteiger partial charge in [0.25, 0.3) is 0 Å². The van der Waals surface area contributed by atoms with Gasteiger partial charge in [-0.1, -0.05) is 55.8 Å². The fourth-order valence-electron chi connectivity index (χ4n) is 5.58. The minimum absolute atomic E-state index is 0.0904. The lowest BCUT2D eigenvalue weighted by atomic mass is 9.78. The highest BCUT2D eigenvalue weighted by Crippen LogP contribution is 2.35. The average molecular weight is 616 g/mol. The molecule has 2 aromatic carbocycles. The van der Waals surface area contributed by atoms with E-state index in [9.17, 15) is 19.2 Å². The van der Waals surface area contributed by atoms with Crippen molar-refractivity contribution in [2.45, 2.75) is 51.1 Å². The molecule has 1 aliphatic carbocycles. The van der Waals surface area contributed by atoms with E-state index in [4.69, 9.17) is 17.3 Å². The molecular formula is C32H34ClN7O4. The van der Waals surface area contributed by atoms with Crippen LogP contribution in [0.25, 0.3) is 10.9 Å². The SMILES string of the molecule is CC(C)[C@H](NC(=O)[C@]1(NC(=O)Cc2ccc(Cl)c(NC(=O)Nc3ccccn3)c2)CCc2[nH]c3ccccc3c2C1)C(N)=O. The summed E-state index contributed by atoms with van der Waals surface area (Å²) in [6.07, 6.45) is 2.52. The lowest BCUT2D eigenvalue weighted by Crippen LogP contribution is -2.64. The Labute approximate surface area is 259 Å². The fourth-order valence-corrected chi connectivity index (χ4v) is 5.75. The lowest BCUT2D eigenvalue weighted by Gasteiger charge is -2.38. The van der Waals surface area contributed by atoms with Crippen LogP contribution in [0, 0.1) is 5.92 Å². The minimum atomic E-state index is -1.33. The molecule has 11 nitrogen and oxygen atoms in total. The number of primary amides is 1. The summed E-state index contributed by atoms with van der Waals surface area (Å²) in [5.74, 6) is -1.40. The van der Waals surface area contributed by atoms with Gasteiger partial charge in [-0.15, -0.1) is 0 Å². The molecule has 7 N–H and O–H groups in total. The number of benzene rings is 2. The van der Waals surface area contributed by atoms with Gasteiger partial charge in [-0.25, -0.2) is 9.78 Å². The van der Waals surface area contributed by atoms with Crippen LogP contribution < -0.4 is 27.0 Å². The molecule has 2 atom stereocenters. The highest BCUT2D eigenvalue weighted by atomic mass is 35.5. The summed E-state index contributed by atoms with van der Waals surface area (Å²) in [7, 11) is 0.